The molecule has 25 heavy (non-hydrogen) atoms. The van der Waals surface area contributed by atoms with Crippen LogP contribution in [-0.2, 0) is 0 Å². The molecule has 1 saturated heterocycles. The Kier molecular flexibility index (Phi) is 4.02. The number of rotatable bonds is 4. The molecule has 4 heterocycles. The highest BCUT2D eigenvalue weighted by molar-refractivity contribution is 5.93. The molecule has 4 N–H and O–H groups in total. The fourth-order valence-electron chi connectivity index (χ4n) is 3.07. The molecule has 0 aromatic carbocycles. The predicted octanol–water partition coefficient (Wildman–Crippen LogP) is 1.05. The number of primary amides is 1. The third kappa shape index (κ3) is 3.16. The Labute approximate surface area is 144 Å². The lowest BCUT2D eigenvalue weighted by molar-refractivity contribution is 0.100. The van der Waals surface area contributed by atoms with Crippen LogP contribution in [0.5, 0.6) is 0 Å². The van der Waals surface area contributed by atoms with E-state index in [1.165, 1.54) is 0 Å². The molecule has 0 aliphatic carbocycles. The summed E-state index contributed by atoms with van der Waals surface area (Å²) >= 11 is 0. The van der Waals surface area contributed by atoms with Gasteiger partial charge in [-0.2, -0.15) is 0 Å². The Morgan fingerprint density at radius 1 is 1.36 bits per heavy atom. The highest BCUT2D eigenvalue weighted by atomic mass is 16.1. The van der Waals surface area contributed by atoms with Crippen LogP contribution in [0.25, 0.3) is 17.0 Å². The Bertz CT molecular complexity index is 914. The highest BCUT2D eigenvalue weighted by Crippen LogP contribution is 2.20. The van der Waals surface area contributed by atoms with Gasteiger partial charge in [-0.05, 0) is 31.5 Å². The van der Waals surface area contributed by atoms with Crippen LogP contribution in [0, 0.1) is 0 Å². The second-order valence-corrected chi connectivity index (χ2v) is 6.13. The minimum absolute atomic E-state index is 0.360. The van der Waals surface area contributed by atoms with Gasteiger partial charge in [-0.1, -0.05) is 0 Å². The number of anilines is 1. The largest absolute Gasteiger partial charge is 0.366 e. The van der Waals surface area contributed by atoms with Crippen molar-refractivity contribution < 1.29 is 4.79 Å². The van der Waals surface area contributed by atoms with Gasteiger partial charge in [-0.3, -0.25) is 14.2 Å². The van der Waals surface area contributed by atoms with Gasteiger partial charge < -0.3 is 16.4 Å². The van der Waals surface area contributed by atoms with Gasteiger partial charge in [-0.25, -0.2) is 9.97 Å². The lowest BCUT2D eigenvalue weighted by Gasteiger charge is -2.24. The third-order valence-electron chi connectivity index (χ3n) is 4.34. The molecule has 1 atom stereocenters. The van der Waals surface area contributed by atoms with Crippen LogP contribution in [0.15, 0.2) is 36.9 Å². The maximum atomic E-state index is 11.3. The van der Waals surface area contributed by atoms with Crippen LogP contribution in [0.2, 0.25) is 0 Å². The predicted molar refractivity (Wildman–Crippen MR) is 94.3 cm³/mol. The summed E-state index contributed by atoms with van der Waals surface area (Å²) in [4.78, 5) is 24.6. The van der Waals surface area contributed by atoms with Crippen molar-refractivity contribution in [3.63, 3.8) is 0 Å². The first-order chi connectivity index (χ1) is 12.2. The number of nitrogens with one attached hydrogen (secondary N) is 2. The van der Waals surface area contributed by atoms with E-state index in [1.54, 1.807) is 36.9 Å². The monoisotopic (exact) mass is 337 g/mol. The molecule has 1 aliphatic heterocycles. The number of piperidine rings is 1. The van der Waals surface area contributed by atoms with Gasteiger partial charge in [0, 0.05) is 24.3 Å². The van der Waals surface area contributed by atoms with Crippen molar-refractivity contribution in [3.05, 3.63) is 42.5 Å². The molecule has 1 aliphatic rings. The minimum Gasteiger partial charge on any atom is -0.366 e. The topological polar surface area (TPSA) is 110 Å². The number of pyridine rings is 1. The van der Waals surface area contributed by atoms with Gasteiger partial charge in [0.15, 0.2) is 0 Å². The smallest absolute Gasteiger partial charge is 0.248 e. The summed E-state index contributed by atoms with van der Waals surface area (Å²) in [7, 11) is 0. The Balaban J connectivity index is 1.64. The summed E-state index contributed by atoms with van der Waals surface area (Å²) in [6.45, 7) is 2.00. The number of nitrogens with zero attached hydrogens (tertiary/aromatic N) is 4. The number of aromatic nitrogens is 4. The summed E-state index contributed by atoms with van der Waals surface area (Å²) in [5.41, 5.74) is 7.91. The highest BCUT2D eigenvalue weighted by Gasteiger charge is 2.15. The molecular weight excluding hydrogens is 318 g/mol. The molecular formula is C17H19N7O. The summed E-state index contributed by atoms with van der Waals surface area (Å²) in [6.07, 6.45) is 9.19. The summed E-state index contributed by atoms with van der Waals surface area (Å²) in [6, 6.07) is 3.69. The van der Waals surface area contributed by atoms with Crippen molar-refractivity contribution in [1.82, 2.24) is 24.7 Å². The second-order valence-electron chi connectivity index (χ2n) is 6.13. The number of imidazole rings is 1. The molecule has 1 unspecified atom stereocenters. The third-order valence-corrected chi connectivity index (χ3v) is 4.34. The lowest BCUT2D eigenvalue weighted by Crippen LogP contribution is -2.38. The average Bonchev–Trinajstić information content (AvgIpc) is 3.06. The van der Waals surface area contributed by atoms with E-state index in [4.69, 9.17) is 5.73 Å². The zero-order valence-corrected chi connectivity index (χ0v) is 13.6. The maximum Gasteiger partial charge on any atom is 0.248 e. The van der Waals surface area contributed by atoms with Gasteiger partial charge in [-0.15, -0.1) is 0 Å². The second kappa shape index (κ2) is 6.48. The van der Waals surface area contributed by atoms with Crippen molar-refractivity contribution >= 4 is 17.4 Å². The van der Waals surface area contributed by atoms with Crippen LogP contribution in [0.4, 0.5) is 5.82 Å². The molecule has 4 rings (SSSR count). The van der Waals surface area contributed by atoms with Crippen LogP contribution in [-0.4, -0.2) is 44.4 Å². The number of amides is 1. The zero-order chi connectivity index (χ0) is 17.2. The number of hydrogen-bond acceptors (Lipinski definition) is 6. The van der Waals surface area contributed by atoms with E-state index in [-0.39, 0.29) is 0 Å². The quantitative estimate of drug-likeness (QED) is 0.656. The van der Waals surface area contributed by atoms with Crippen LogP contribution < -0.4 is 16.4 Å². The van der Waals surface area contributed by atoms with Crippen molar-refractivity contribution in [3.8, 4) is 11.4 Å². The van der Waals surface area contributed by atoms with Gasteiger partial charge in [0.05, 0.1) is 24.3 Å². The van der Waals surface area contributed by atoms with E-state index in [0.717, 1.165) is 37.4 Å². The summed E-state index contributed by atoms with van der Waals surface area (Å²) in [5, 5.41) is 6.80. The maximum absolute atomic E-state index is 11.3. The van der Waals surface area contributed by atoms with E-state index < -0.39 is 5.91 Å². The molecule has 8 nitrogen and oxygen atoms in total. The van der Waals surface area contributed by atoms with E-state index >= 15 is 0 Å². The number of carbonyl (C=O) groups is 1. The molecule has 0 bridgehead atoms. The van der Waals surface area contributed by atoms with Crippen molar-refractivity contribution in [2.75, 3.05) is 18.4 Å². The molecule has 0 radical (unpaired) electrons. The molecule has 0 spiro atoms. The molecule has 3 aromatic rings. The fourth-order valence-corrected chi connectivity index (χ4v) is 3.07. The summed E-state index contributed by atoms with van der Waals surface area (Å²) < 4.78 is 1.86. The van der Waals surface area contributed by atoms with Crippen LogP contribution in [0.3, 0.4) is 0 Å². The van der Waals surface area contributed by atoms with E-state index in [9.17, 15) is 4.79 Å². The van der Waals surface area contributed by atoms with Crippen LogP contribution in [0.1, 0.15) is 23.2 Å². The first kappa shape index (κ1) is 15.5. The van der Waals surface area contributed by atoms with Gasteiger partial charge in [0.1, 0.15) is 17.2 Å². The molecule has 3 aromatic heterocycles. The molecule has 128 valence electrons. The molecule has 0 saturated carbocycles. The van der Waals surface area contributed by atoms with E-state index in [1.807, 2.05) is 4.40 Å². The minimum atomic E-state index is -0.473. The molecule has 8 heteroatoms. The number of carbonyl (C=O) groups excluding carboxylic acids is 1. The Morgan fingerprint density at radius 3 is 3.08 bits per heavy atom. The van der Waals surface area contributed by atoms with Gasteiger partial charge in [0.2, 0.25) is 5.91 Å². The molecule has 1 fully saturated rings. The fraction of sp³-hybridized carbons (Fsp3) is 0.294. The number of hydrogen-bond donors (Lipinski definition) is 3. The van der Waals surface area contributed by atoms with Gasteiger partial charge in [0.25, 0.3) is 0 Å². The average molecular weight is 337 g/mol. The normalized spacial score (nSPS) is 17.5. The van der Waals surface area contributed by atoms with Crippen molar-refractivity contribution in [2.45, 2.75) is 18.9 Å². The molecule has 1 amide bonds. The number of fused-ring (bicyclic) bond motifs is 1. The Hall–Kier alpha value is -3.00. The number of nitrogens with two attached hydrogens (primary N) is 1. The Morgan fingerprint density at radius 2 is 2.28 bits per heavy atom. The lowest BCUT2D eigenvalue weighted by atomic mass is 10.1. The first-order valence-corrected chi connectivity index (χ1v) is 8.27. The summed E-state index contributed by atoms with van der Waals surface area (Å²) in [5.74, 6) is 0.272. The first-order valence-electron chi connectivity index (χ1n) is 8.27. The van der Waals surface area contributed by atoms with Gasteiger partial charge >= 0.3 is 0 Å². The van der Waals surface area contributed by atoms with Crippen LogP contribution >= 0.6 is 0 Å². The van der Waals surface area contributed by atoms with Crippen molar-refractivity contribution in [2.24, 2.45) is 5.73 Å². The zero-order valence-electron chi connectivity index (χ0n) is 13.6. The van der Waals surface area contributed by atoms with Crippen molar-refractivity contribution in [1.29, 1.82) is 0 Å². The van der Waals surface area contributed by atoms with E-state index in [0.29, 0.717) is 22.9 Å². The SMILES string of the molecule is NC(=O)c1ccn2c(-c3cncc(NC4CCCNC4)n3)cnc2c1. The standard InChI is InChI=1S/C17H19N7O/c18-17(25)11-3-5-24-14(9-21-16(24)6-11)13-8-20-10-15(23-13)22-12-2-1-4-19-7-12/h3,5-6,8-10,12,19H,1-2,4,7H2,(H2,18,25)(H,22,23). The van der Waals surface area contributed by atoms with E-state index in [2.05, 4.69) is 25.6 Å².